The molecule has 0 aliphatic carbocycles. The normalized spacial score (nSPS) is 19.7. The van der Waals surface area contributed by atoms with Gasteiger partial charge in [-0.15, -0.1) is 0 Å². The number of ether oxygens (including phenoxy) is 1. The highest BCUT2D eigenvalue weighted by atomic mass is 19.4. The van der Waals surface area contributed by atoms with Gasteiger partial charge in [0.15, 0.2) is 11.4 Å². The maximum atomic E-state index is 14.1. The summed E-state index contributed by atoms with van der Waals surface area (Å²) < 4.78 is 49.8. The fraction of sp³-hybridized carbons (Fsp3) is 0.367. The Morgan fingerprint density at radius 3 is 2.56 bits per heavy atom. The largest absolute Gasteiger partial charge is 0.416 e. The Morgan fingerprint density at radius 2 is 1.83 bits per heavy atom. The molecule has 0 bridgehead atoms. The summed E-state index contributed by atoms with van der Waals surface area (Å²) in [5.74, 6) is 6.34. The average molecular weight is 562 g/mol. The van der Waals surface area contributed by atoms with Gasteiger partial charge in [0.05, 0.1) is 17.0 Å². The number of piperazine rings is 1. The number of aryl methyl sites for hydroxylation is 2. The fourth-order valence-corrected chi connectivity index (χ4v) is 5.07. The molecule has 2 aliphatic rings. The lowest BCUT2D eigenvalue weighted by atomic mass is 10.0. The predicted molar refractivity (Wildman–Crippen MR) is 148 cm³/mol. The molecule has 8 nitrogen and oxygen atoms in total. The van der Waals surface area contributed by atoms with E-state index < -0.39 is 17.5 Å². The van der Waals surface area contributed by atoms with Gasteiger partial charge in [-0.2, -0.15) is 18.3 Å². The Hall–Kier alpha value is -3.98. The van der Waals surface area contributed by atoms with Crippen molar-refractivity contribution in [2.45, 2.75) is 32.3 Å². The van der Waals surface area contributed by atoms with Crippen molar-refractivity contribution < 1.29 is 17.9 Å². The van der Waals surface area contributed by atoms with Crippen molar-refractivity contribution in [3.05, 3.63) is 88.1 Å². The predicted octanol–water partition coefficient (Wildman–Crippen LogP) is 4.20. The Morgan fingerprint density at radius 1 is 1.05 bits per heavy atom. The number of hydrogen-bond donors (Lipinski definition) is 1. The second-order valence-electron chi connectivity index (χ2n) is 10.6. The van der Waals surface area contributed by atoms with Gasteiger partial charge in [0.1, 0.15) is 12.3 Å². The fourth-order valence-electron chi connectivity index (χ4n) is 5.07. The van der Waals surface area contributed by atoms with Crippen LogP contribution < -0.4 is 5.32 Å². The van der Waals surface area contributed by atoms with Crippen molar-refractivity contribution in [3.8, 4) is 11.8 Å². The Labute approximate surface area is 236 Å². The molecule has 2 saturated heterocycles. The first-order chi connectivity index (χ1) is 19.6. The van der Waals surface area contributed by atoms with Crippen molar-refractivity contribution in [2.75, 3.05) is 45.2 Å². The molecule has 0 radical (unpaired) electrons. The van der Waals surface area contributed by atoms with Crippen molar-refractivity contribution in [3.63, 3.8) is 0 Å². The minimum atomic E-state index is -4.48. The molecule has 2 fully saturated rings. The van der Waals surface area contributed by atoms with E-state index in [-0.39, 0.29) is 12.1 Å². The molecule has 0 amide bonds. The Balaban J connectivity index is 1.26. The molecule has 0 saturated carbocycles. The number of alkyl halides is 3. The first-order valence-corrected chi connectivity index (χ1v) is 13.4. The molecule has 5 heterocycles. The molecule has 6 rings (SSSR count). The third-order valence-corrected chi connectivity index (χ3v) is 7.62. The van der Waals surface area contributed by atoms with E-state index in [1.165, 1.54) is 6.07 Å². The van der Waals surface area contributed by atoms with E-state index in [2.05, 4.69) is 42.0 Å². The molecule has 212 valence electrons. The second-order valence-corrected chi connectivity index (χ2v) is 10.6. The Kier molecular flexibility index (Phi) is 6.93. The van der Waals surface area contributed by atoms with Crippen LogP contribution in [0.3, 0.4) is 0 Å². The molecular formula is C30H30F3N7O. The number of benzene rings is 1. The number of aromatic nitrogens is 4. The van der Waals surface area contributed by atoms with E-state index in [1.54, 1.807) is 29.0 Å². The van der Waals surface area contributed by atoms with Crippen LogP contribution in [0, 0.1) is 25.7 Å². The zero-order valence-corrected chi connectivity index (χ0v) is 23.1. The molecule has 41 heavy (non-hydrogen) atoms. The van der Waals surface area contributed by atoms with Gasteiger partial charge in [0.2, 0.25) is 0 Å². The molecule has 11 heteroatoms. The number of imidazole rings is 1. The molecule has 1 unspecified atom stereocenters. The average Bonchev–Trinajstić information content (AvgIpc) is 3.65. The van der Waals surface area contributed by atoms with E-state index >= 15 is 0 Å². The van der Waals surface area contributed by atoms with E-state index in [1.807, 2.05) is 39.1 Å². The van der Waals surface area contributed by atoms with Crippen LogP contribution in [-0.2, 0) is 23.2 Å². The highest BCUT2D eigenvalue weighted by Crippen LogP contribution is 2.41. The molecule has 1 N–H and O–H groups in total. The quantitative estimate of drug-likeness (QED) is 0.289. The maximum Gasteiger partial charge on any atom is 0.416 e. The zero-order valence-electron chi connectivity index (χ0n) is 23.1. The summed E-state index contributed by atoms with van der Waals surface area (Å²) in [5, 5.41) is 7.53. The van der Waals surface area contributed by atoms with E-state index in [9.17, 15) is 13.2 Å². The molecular weight excluding hydrogens is 531 g/mol. The number of nitrogens with one attached hydrogen (secondary N) is 1. The second kappa shape index (κ2) is 10.4. The number of pyridine rings is 1. The number of nitrogens with zero attached hydrogens (tertiary/aromatic N) is 6. The first-order valence-electron chi connectivity index (χ1n) is 13.4. The van der Waals surface area contributed by atoms with Crippen molar-refractivity contribution >= 4 is 11.3 Å². The van der Waals surface area contributed by atoms with E-state index in [4.69, 9.17) is 4.74 Å². The van der Waals surface area contributed by atoms with Crippen LogP contribution >= 0.6 is 0 Å². The van der Waals surface area contributed by atoms with E-state index in [0.29, 0.717) is 34.8 Å². The van der Waals surface area contributed by atoms with Crippen LogP contribution in [0.4, 0.5) is 18.9 Å². The molecule has 1 aromatic carbocycles. The summed E-state index contributed by atoms with van der Waals surface area (Å²) in [7, 11) is 2.02. The van der Waals surface area contributed by atoms with Gasteiger partial charge in [-0.3, -0.25) is 9.88 Å². The summed E-state index contributed by atoms with van der Waals surface area (Å²) in [4.78, 5) is 13.2. The number of likely N-dealkylation sites (N-methyl/N-ethyl adjacent to an activating group) is 1. The maximum absolute atomic E-state index is 14.1. The van der Waals surface area contributed by atoms with Crippen LogP contribution in [0.1, 0.15) is 39.3 Å². The molecule has 2 aliphatic heterocycles. The van der Waals surface area contributed by atoms with Gasteiger partial charge in [-0.1, -0.05) is 12.0 Å². The summed E-state index contributed by atoms with van der Waals surface area (Å²) in [6, 6.07) is 9.98. The Bertz CT molecular complexity index is 1660. The zero-order chi connectivity index (χ0) is 28.8. The molecule has 4 aromatic rings. The van der Waals surface area contributed by atoms with Gasteiger partial charge < -0.3 is 15.0 Å². The standard InChI is InChI=1S/C30H30F3N7O/c1-20-22(7-9-27-21(2)36-28-5-4-10-35-40(27)28)15-24(17-34-20)29(19-41-29)37-25-8-6-23(26(16-25)30(31,32)33)18-39-13-11-38(3)12-14-39/h4-6,8,10,15-17,37H,11-14,18-19H2,1-3H3. The minimum absolute atomic E-state index is 0.260. The van der Waals surface area contributed by atoms with Crippen molar-refractivity contribution in [2.24, 2.45) is 0 Å². The highest BCUT2D eigenvalue weighted by Gasteiger charge is 2.48. The lowest BCUT2D eigenvalue weighted by molar-refractivity contribution is -0.138. The van der Waals surface area contributed by atoms with Crippen molar-refractivity contribution in [1.82, 2.24) is 29.4 Å². The van der Waals surface area contributed by atoms with Gasteiger partial charge in [0.25, 0.3) is 0 Å². The summed E-state index contributed by atoms with van der Waals surface area (Å²) >= 11 is 0. The van der Waals surface area contributed by atoms with Gasteiger partial charge in [-0.05, 0) is 62.7 Å². The highest BCUT2D eigenvalue weighted by molar-refractivity contribution is 5.55. The summed E-state index contributed by atoms with van der Waals surface area (Å²) in [6.45, 7) is 7.45. The van der Waals surface area contributed by atoms with Gasteiger partial charge >= 0.3 is 6.18 Å². The third kappa shape index (κ3) is 5.63. The molecule has 1 atom stereocenters. The lowest BCUT2D eigenvalue weighted by Gasteiger charge is -2.33. The van der Waals surface area contributed by atoms with Crippen LogP contribution in [-0.4, -0.2) is 69.2 Å². The van der Waals surface area contributed by atoms with Crippen LogP contribution in [0.2, 0.25) is 0 Å². The number of hydrogen-bond acceptors (Lipinski definition) is 7. The van der Waals surface area contributed by atoms with Gasteiger partial charge in [-0.25, -0.2) is 9.50 Å². The van der Waals surface area contributed by atoms with Crippen LogP contribution in [0.25, 0.3) is 5.65 Å². The number of fused-ring (bicyclic) bond motifs is 1. The monoisotopic (exact) mass is 561 g/mol. The molecule has 3 aromatic heterocycles. The lowest BCUT2D eigenvalue weighted by Crippen LogP contribution is -2.44. The molecule has 0 spiro atoms. The minimum Gasteiger partial charge on any atom is -0.352 e. The van der Waals surface area contributed by atoms with Gasteiger partial charge in [0, 0.05) is 61.9 Å². The number of anilines is 1. The summed E-state index contributed by atoms with van der Waals surface area (Å²) in [6.07, 6.45) is -1.13. The summed E-state index contributed by atoms with van der Waals surface area (Å²) in [5.41, 5.74) is 3.24. The van der Waals surface area contributed by atoms with Crippen LogP contribution in [0.5, 0.6) is 0 Å². The van der Waals surface area contributed by atoms with Crippen molar-refractivity contribution in [1.29, 1.82) is 0 Å². The third-order valence-electron chi connectivity index (χ3n) is 7.62. The first kappa shape index (κ1) is 27.2. The number of halogens is 3. The van der Waals surface area contributed by atoms with Crippen LogP contribution in [0.15, 0.2) is 48.8 Å². The van der Waals surface area contributed by atoms with E-state index in [0.717, 1.165) is 37.6 Å². The SMILES string of the molecule is Cc1ncc(C2(Nc3ccc(CN4CCN(C)CC4)c(C(F)(F)F)c3)CO2)cc1C#Cc1c(C)nc2cccnn12. The number of rotatable bonds is 5. The smallest absolute Gasteiger partial charge is 0.352 e. The topological polar surface area (TPSA) is 74.1 Å². The number of epoxide rings is 1.